The van der Waals surface area contributed by atoms with Crippen LogP contribution in [-0.2, 0) is 0 Å². The second-order valence-corrected chi connectivity index (χ2v) is 6.34. The van der Waals surface area contributed by atoms with E-state index in [2.05, 4.69) is 9.97 Å². The van der Waals surface area contributed by atoms with E-state index in [-0.39, 0.29) is 5.56 Å². The second kappa shape index (κ2) is 6.33. The van der Waals surface area contributed by atoms with E-state index in [9.17, 15) is 4.79 Å². The van der Waals surface area contributed by atoms with Gasteiger partial charge in [0.25, 0.3) is 5.56 Å². The van der Waals surface area contributed by atoms with Crippen LogP contribution in [0.25, 0.3) is 28.4 Å². The summed E-state index contributed by atoms with van der Waals surface area (Å²) in [7, 11) is 0. The predicted octanol–water partition coefficient (Wildman–Crippen LogP) is 3.57. The van der Waals surface area contributed by atoms with Gasteiger partial charge in [-0.05, 0) is 35.4 Å². The van der Waals surface area contributed by atoms with E-state index >= 15 is 0 Å². The van der Waals surface area contributed by atoms with Crippen molar-refractivity contribution in [3.05, 3.63) is 81.8 Å². The number of anilines is 1. The normalized spacial score (nSPS) is 11.4. The molecule has 1 aromatic carbocycles. The zero-order valence-corrected chi connectivity index (χ0v) is 14.0. The summed E-state index contributed by atoms with van der Waals surface area (Å²) in [6, 6.07) is 12.8. The molecule has 4 aromatic rings. The highest BCUT2D eigenvalue weighted by Gasteiger charge is 2.10. The molecule has 0 fully saturated rings. The van der Waals surface area contributed by atoms with Crippen LogP contribution in [0.1, 0.15) is 11.3 Å². The van der Waals surface area contributed by atoms with Crippen molar-refractivity contribution in [3.8, 4) is 11.3 Å². The Balaban J connectivity index is 1.76. The maximum absolute atomic E-state index is 12.6. The van der Waals surface area contributed by atoms with Crippen LogP contribution in [0, 0.1) is 0 Å². The molecule has 0 spiro atoms. The van der Waals surface area contributed by atoms with Gasteiger partial charge in [-0.3, -0.25) is 14.2 Å². The van der Waals surface area contributed by atoms with Gasteiger partial charge in [0, 0.05) is 29.5 Å². The van der Waals surface area contributed by atoms with Gasteiger partial charge in [0.1, 0.15) is 0 Å². The van der Waals surface area contributed by atoms with Crippen molar-refractivity contribution >= 4 is 34.1 Å². The highest BCUT2D eigenvalue weighted by atomic mass is 32.1. The van der Waals surface area contributed by atoms with Crippen LogP contribution in [0.2, 0.25) is 0 Å². The van der Waals surface area contributed by atoms with Crippen molar-refractivity contribution in [2.24, 2.45) is 0 Å². The van der Waals surface area contributed by atoms with Crippen molar-refractivity contribution < 1.29 is 0 Å². The van der Waals surface area contributed by atoms with Crippen LogP contribution in [0.15, 0.2) is 65.0 Å². The molecule has 0 radical (unpaired) electrons. The Morgan fingerprint density at radius 3 is 2.72 bits per heavy atom. The minimum absolute atomic E-state index is 0.107. The number of thiazole rings is 1. The van der Waals surface area contributed by atoms with Gasteiger partial charge in [-0.1, -0.05) is 24.3 Å². The average Bonchev–Trinajstić information content (AvgIpc) is 3.06. The molecule has 2 N–H and O–H groups in total. The first kappa shape index (κ1) is 15.3. The molecule has 0 bridgehead atoms. The molecule has 0 aliphatic heterocycles. The zero-order chi connectivity index (χ0) is 17.2. The minimum atomic E-state index is -0.107. The van der Waals surface area contributed by atoms with Crippen molar-refractivity contribution in [3.63, 3.8) is 0 Å². The van der Waals surface area contributed by atoms with Crippen molar-refractivity contribution in [2.45, 2.75) is 0 Å². The molecule has 3 aromatic heterocycles. The molecule has 5 nitrogen and oxygen atoms in total. The topological polar surface area (TPSA) is 73.3 Å². The van der Waals surface area contributed by atoms with Gasteiger partial charge in [-0.15, -0.1) is 11.3 Å². The smallest absolute Gasteiger partial charge is 0.259 e. The molecule has 0 saturated carbocycles. The van der Waals surface area contributed by atoms with Gasteiger partial charge in [0.15, 0.2) is 4.96 Å². The Kier molecular flexibility index (Phi) is 3.87. The lowest BCUT2D eigenvalue weighted by molar-refractivity contribution is 1.08. The Morgan fingerprint density at radius 1 is 1.12 bits per heavy atom. The van der Waals surface area contributed by atoms with Crippen LogP contribution in [0.4, 0.5) is 5.69 Å². The van der Waals surface area contributed by atoms with Gasteiger partial charge in [0.05, 0.1) is 11.4 Å². The summed E-state index contributed by atoms with van der Waals surface area (Å²) in [5, 5.41) is 1.93. The largest absolute Gasteiger partial charge is 0.399 e. The Bertz CT molecular complexity index is 1110. The van der Waals surface area contributed by atoms with Gasteiger partial charge < -0.3 is 5.73 Å². The molecule has 0 atom stereocenters. The fourth-order valence-electron chi connectivity index (χ4n) is 2.53. The van der Waals surface area contributed by atoms with Crippen LogP contribution < -0.4 is 11.3 Å². The molecule has 25 heavy (non-hydrogen) atoms. The third-order valence-corrected chi connectivity index (χ3v) is 4.59. The number of rotatable bonds is 3. The lowest BCUT2D eigenvalue weighted by Crippen LogP contribution is -2.13. The third-order valence-electron chi connectivity index (χ3n) is 3.76. The summed E-state index contributed by atoms with van der Waals surface area (Å²) in [6.07, 6.45) is 7.19. The number of fused-ring (bicyclic) bond motifs is 1. The number of benzene rings is 1. The number of nitrogens with zero attached hydrogens (tertiary/aromatic N) is 3. The maximum Gasteiger partial charge on any atom is 0.259 e. The van der Waals surface area contributed by atoms with Crippen LogP contribution >= 0.6 is 11.3 Å². The molecule has 0 aliphatic carbocycles. The first-order valence-corrected chi connectivity index (χ1v) is 8.54. The van der Waals surface area contributed by atoms with E-state index in [1.165, 1.54) is 17.4 Å². The summed E-state index contributed by atoms with van der Waals surface area (Å²) in [5.74, 6) is 0. The van der Waals surface area contributed by atoms with E-state index in [1.54, 1.807) is 16.8 Å². The number of nitrogen functional groups attached to an aromatic ring is 1. The zero-order valence-electron chi connectivity index (χ0n) is 13.2. The molecule has 0 amide bonds. The molecule has 0 aliphatic rings. The summed E-state index contributed by atoms with van der Waals surface area (Å²) in [6.45, 7) is 0. The van der Waals surface area contributed by atoms with E-state index in [1.807, 2.05) is 53.9 Å². The molecular weight excluding hydrogens is 332 g/mol. The van der Waals surface area contributed by atoms with Crippen molar-refractivity contribution in [1.29, 1.82) is 0 Å². The number of nitrogens with two attached hydrogens (primary N) is 1. The highest BCUT2D eigenvalue weighted by Crippen LogP contribution is 2.25. The summed E-state index contributed by atoms with van der Waals surface area (Å²) >= 11 is 1.44. The molecule has 6 heteroatoms. The fourth-order valence-corrected chi connectivity index (χ4v) is 3.44. The molecule has 0 saturated heterocycles. The van der Waals surface area contributed by atoms with Crippen molar-refractivity contribution in [1.82, 2.24) is 14.4 Å². The van der Waals surface area contributed by atoms with E-state index < -0.39 is 0 Å². The van der Waals surface area contributed by atoms with Crippen LogP contribution in [0.3, 0.4) is 0 Å². The number of aromatic nitrogens is 3. The molecular formula is C19H14N4OS. The van der Waals surface area contributed by atoms with Crippen molar-refractivity contribution in [2.75, 3.05) is 5.73 Å². The van der Waals surface area contributed by atoms with Gasteiger partial charge in [-0.2, -0.15) is 0 Å². The number of hydrogen-bond donors (Lipinski definition) is 1. The summed E-state index contributed by atoms with van der Waals surface area (Å²) in [5.41, 5.74) is 9.65. The standard InChI is InChI=1S/C19H14N4OS/c20-15-6-4-14(5-7-15)17-12-25-19-22-16(10-18(24)23(17)19)8-3-13-2-1-9-21-11-13/h1-12H,20H2. The highest BCUT2D eigenvalue weighted by molar-refractivity contribution is 7.15. The first-order chi connectivity index (χ1) is 12.2. The van der Waals surface area contributed by atoms with E-state index in [0.717, 1.165) is 16.8 Å². The third kappa shape index (κ3) is 3.07. The average molecular weight is 346 g/mol. The quantitative estimate of drug-likeness (QED) is 0.576. The molecule has 4 rings (SSSR count). The van der Waals surface area contributed by atoms with Crippen LogP contribution in [-0.4, -0.2) is 14.4 Å². The lowest BCUT2D eigenvalue weighted by Gasteiger charge is -2.02. The lowest BCUT2D eigenvalue weighted by atomic mass is 10.1. The Morgan fingerprint density at radius 2 is 1.96 bits per heavy atom. The number of pyridine rings is 1. The Hall–Kier alpha value is -3.25. The molecule has 3 heterocycles. The SMILES string of the molecule is Nc1ccc(-c2csc3nc(C=Cc4cccnc4)cc(=O)n23)cc1. The second-order valence-electron chi connectivity index (χ2n) is 5.50. The monoisotopic (exact) mass is 346 g/mol. The number of hydrogen-bond acceptors (Lipinski definition) is 5. The van der Waals surface area contributed by atoms with Gasteiger partial charge in [0.2, 0.25) is 0 Å². The first-order valence-electron chi connectivity index (χ1n) is 7.66. The van der Waals surface area contributed by atoms with E-state index in [4.69, 9.17) is 5.73 Å². The molecule has 122 valence electrons. The van der Waals surface area contributed by atoms with Gasteiger partial charge >= 0.3 is 0 Å². The maximum atomic E-state index is 12.6. The van der Waals surface area contributed by atoms with Crippen LogP contribution in [0.5, 0.6) is 0 Å². The van der Waals surface area contributed by atoms with E-state index in [0.29, 0.717) is 16.3 Å². The predicted molar refractivity (Wildman–Crippen MR) is 102 cm³/mol. The summed E-state index contributed by atoms with van der Waals surface area (Å²) < 4.78 is 1.62. The fraction of sp³-hybridized carbons (Fsp3) is 0. The molecule has 0 unspecified atom stereocenters. The minimum Gasteiger partial charge on any atom is -0.399 e. The summed E-state index contributed by atoms with van der Waals surface area (Å²) in [4.78, 5) is 21.9. The Labute approximate surface area is 147 Å². The van der Waals surface area contributed by atoms with Gasteiger partial charge in [-0.25, -0.2) is 4.98 Å².